The maximum Gasteiger partial charge on any atom is 0.258 e. The van der Waals surface area contributed by atoms with Crippen molar-refractivity contribution in [2.75, 3.05) is 24.8 Å². The lowest BCUT2D eigenvalue weighted by Gasteiger charge is -2.18. The first-order valence-corrected chi connectivity index (χ1v) is 6.41. The normalized spacial score (nSPS) is 10.3. The van der Waals surface area contributed by atoms with Crippen LogP contribution in [0, 0.1) is 12.7 Å². The third kappa shape index (κ3) is 2.97. The van der Waals surface area contributed by atoms with E-state index in [0.717, 1.165) is 0 Å². The molecular weight excluding hydrogens is 271 g/mol. The molecule has 0 unspecified atom stereocenters. The molecule has 0 saturated carbocycles. The number of hydrogen-bond donors (Lipinski definition) is 1. The number of benzene rings is 2. The predicted molar refractivity (Wildman–Crippen MR) is 81.3 cm³/mol. The van der Waals surface area contributed by atoms with Gasteiger partial charge in [0.25, 0.3) is 5.91 Å². The zero-order chi connectivity index (χ0) is 15.6. The van der Waals surface area contributed by atoms with Crippen LogP contribution in [0.15, 0.2) is 36.4 Å². The Morgan fingerprint density at radius 2 is 2.00 bits per heavy atom. The van der Waals surface area contributed by atoms with Gasteiger partial charge < -0.3 is 15.4 Å². The van der Waals surface area contributed by atoms with E-state index in [1.165, 1.54) is 17.0 Å². The fourth-order valence-corrected chi connectivity index (χ4v) is 1.95. The maximum absolute atomic E-state index is 13.7. The highest BCUT2D eigenvalue weighted by molar-refractivity contribution is 6.06. The summed E-state index contributed by atoms with van der Waals surface area (Å²) < 4.78 is 18.8. The average molecular weight is 288 g/mol. The summed E-state index contributed by atoms with van der Waals surface area (Å²) >= 11 is 0. The topological polar surface area (TPSA) is 55.6 Å². The Morgan fingerprint density at radius 3 is 2.62 bits per heavy atom. The fourth-order valence-electron chi connectivity index (χ4n) is 1.95. The molecular formula is C16H17FN2O2. The van der Waals surface area contributed by atoms with Crippen molar-refractivity contribution in [3.05, 3.63) is 53.3 Å². The zero-order valence-electron chi connectivity index (χ0n) is 12.2. The number of rotatable bonds is 3. The number of carbonyl (C=O) groups is 1. The van der Waals surface area contributed by atoms with E-state index in [9.17, 15) is 9.18 Å². The monoisotopic (exact) mass is 288 g/mol. The minimum atomic E-state index is -0.489. The number of methoxy groups -OCH3 is 1. The molecule has 0 bridgehead atoms. The number of nitrogens with two attached hydrogens (primary N) is 1. The highest BCUT2D eigenvalue weighted by atomic mass is 19.1. The molecule has 0 radical (unpaired) electrons. The SMILES string of the molecule is COc1cccc(N(C)C(=O)c2cc(N)c(C)c(F)c2)c1. The first-order valence-electron chi connectivity index (χ1n) is 6.41. The van der Waals surface area contributed by atoms with Gasteiger partial charge >= 0.3 is 0 Å². The highest BCUT2D eigenvalue weighted by Crippen LogP contribution is 2.23. The number of nitrogens with zero attached hydrogens (tertiary/aromatic N) is 1. The average Bonchev–Trinajstić information content (AvgIpc) is 2.50. The summed E-state index contributed by atoms with van der Waals surface area (Å²) in [4.78, 5) is 13.8. The molecule has 0 spiro atoms. The van der Waals surface area contributed by atoms with E-state index in [4.69, 9.17) is 10.5 Å². The van der Waals surface area contributed by atoms with Gasteiger partial charge in [0.15, 0.2) is 0 Å². The van der Waals surface area contributed by atoms with E-state index in [1.807, 2.05) is 0 Å². The van der Waals surface area contributed by atoms with Crippen molar-refractivity contribution in [3.8, 4) is 5.75 Å². The lowest BCUT2D eigenvalue weighted by Crippen LogP contribution is -2.26. The summed E-state index contributed by atoms with van der Waals surface area (Å²) in [5.74, 6) is -0.187. The van der Waals surface area contributed by atoms with Gasteiger partial charge in [-0.2, -0.15) is 0 Å². The van der Waals surface area contributed by atoms with Crippen molar-refractivity contribution < 1.29 is 13.9 Å². The van der Waals surface area contributed by atoms with E-state index in [1.54, 1.807) is 45.3 Å². The van der Waals surface area contributed by atoms with Crippen molar-refractivity contribution in [1.29, 1.82) is 0 Å². The summed E-state index contributed by atoms with van der Waals surface area (Å²) in [7, 11) is 3.17. The Labute approximate surface area is 122 Å². The van der Waals surface area contributed by atoms with Crippen LogP contribution >= 0.6 is 0 Å². The second-order valence-electron chi connectivity index (χ2n) is 4.74. The highest BCUT2D eigenvalue weighted by Gasteiger charge is 2.16. The first kappa shape index (κ1) is 14.8. The summed E-state index contributed by atoms with van der Waals surface area (Å²) in [6.07, 6.45) is 0. The van der Waals surface area contributed by atoms with Crippen molar-refractivity contribution in [3.63, 3.8) is 0 Å². The second kappa shape index (κ2) is 5.83. The van der Waals surface area contributed by atoms with Gasteiger partial charge in [-0.15, -0.1) is 0 Å². The van der Waals surface area contributed by atoms with Gasteiger partial charge in [0, 0.05) is 35.6 Å². The standard InChI is InChI=1S/C16H17FN2O2/c1-10-14(17)7-11(8-15(10)18)16(20)19(2)12-5-4-6-13(9-12)21-3/h4-9H,18H2,1-3H3. The van der Waals surface area contributed by atoms with Crippen molar-refractivity contribution in [1.82, 2.24) is 0 Å². The van der Waals surface area contributed by atoms with Gasteiger partial charge in [0.1, 0.15) is 11.6 Å². The molecule has 0 aliphatic carbocycles. The first-order chi connectivity index (χ1) is 9.93. The van der Waals surface area contributed by atoms with Crippen LogP contribution in [0.1, 0.15) is 15.9 Å². The maximum atomic E-state index is 13.7. The number of ether oxygens (including phenoxy) is 1. The van der Waals surface area contributed by atoms with Crippen LogP contribution < -0.4 is 15.4 Å². The van der Waals surface area contributed by atoms with Crippen LogP contribution in [0.2, 0.25) is 0 Å². The van der Waals surface area contributed by atoms with E-state index in [-0.39, 0.29) is 17.2 Å². The lowest BCUT2D eigenvalue weighted by atomic mass is 10.1. The molecule has 0 saturated heterocycles. The number of anilines is 2. The molecule has 0 heterocycles. The minimum absolute atomic E-state index is 0.209. The minimum Gasteiger partial charge on any atom is -0.497 e. The van der Waals surface area contributed by atoms with Crippen LogP contribution in [-0.4, -0.2) is 20.1 Å². The lowest BCUT2D eigenvalue weighted by molar-refractivity contribution is 0.0992. The van der Waals surface area contributed by atoms with E-state index >= 15 is 0 Å². The molecule has 4 nitrogen and oxygen atoms in total. The Kier molecular flexibility index (Phi) is 4.12. The summed E-state index contributed by atoms with van der Waals surface area (Å²) in [6.45, 7) is 1.57. The molecule has 2 aromatic carbocycles. The predicted octanol–water partition coefficient (Wildman–Crippen LogP) is 3.00. The summed E-state index contributed by atoms with van der Waals surface area (Å²) in [5.41, 5.74) is 7.18. The molecule has 0 aliphatic heterocycles. The molecule has 1 amide bonds. The zero-order valence-corrected chi connectivity index (χ0v) is 12.2. The van der Waals surface area contributed by atoms with Gasteiger partial charge in [-0.3, -0.25) is 4.79 Å². The van der Waals surface area contributed by atoms with E-state index in [2.05, 4.69) is 0 Å². The molecule has 2 N–H and O–H groups in total. The molecule has 0 aliphatic rings. The summed E-state index contributed by atoms with van der Waals surface area (Å²) in [6, 6.07) is 9.75. The van der Waals surface area contributed by atoms with Gasteiger partial charge in [-0.25, -0.2) is 4.39 Å². The number of nitrogen functional groups attached to an aromatic ring is 1. The molecule has 2 aromatic rings. The largest absolute Gasteiger partial charge is 0.497 e. The van der Waals surface area contributed by atoms with Crippen molar-refractivity contribution in [2.45, 2.75) is 6.92 Å². The Morgan fingerprint density at radius 1 is 1.29 bits per heavy atom. The second-order valence-corrected chi connectivity index (χ2v) is 4.74. The van der Waals surface area contributed by atoms with Crippen molar-refractivity contribution >= 4 is 17.3 Å². The van der Waals surface area contributed by atoms with Gasteiger partial charge in [-0.1, -0.05) is 6.07 Å². The number of hydrogen-bond acceptors (Lipinski definition) is 3. The molecule has 5 heteroatoms. The Balaban J connectivity index is 2.34. The van der Waals surface area contributed by atoms with Gasteiger partial charge in [0.2, 0.25) is 0 Å². The fraction of sp³-hybridized carbons (Fsp3) is 0.188. The number of carbonyl (C=O) groups excluding carboxylic acids is 1. The third-order valence-electron chi connectivity index (χ3n) is 3.38. The molecule has 0 aromatic heterocycles. The third-order valence-corrected chi connectivity index (χ3v) is 3.38. The van der Waals surface area contributed by atoms with Crippen LogP contribution in [0.4, 0.5) is 15.8 Å². The molecule has 0 atom stereocenters. The number of amides is 1. The quantitative estimate of drug-likeness (QED) is 0.883. The van der Waals surface area contributed by atoms with Crippen LogP contribution in [0.3, 0.4) is 0 Å². The van der Waals surface area contributed by atoms with E-state index < -0.39 is 5.82 Å². The van der Waals surface area contributed by atoms with Crippen molar-refractivity contribution in [2.24, 2.45) is 0 Å². The molecule has 110 valence electrons. The Hall–Kier alpha value is -2.56. The van der Waals surface area contributed by atoms with Crippen LogP contribution in [0.25, 0.3) is 0 Å². The van der Waals surface area contributed by atoms with E-state index in [0.29, 0.717) is 17.0 Å². The van der Waals surface area contributed by atoms with Crippen LogP contribution in [-0.2, 0) is 0 Å². The molecule has 0 fully saturated rings. The van der Waals surface area contributed by atoms with Crippen LogP contribution in [0.5, 0.6) is 5.75 Å². The smallest absolute Gasteiger partial charge is 0.258 e. The molecule has 21 heavy (non-hydrogen) atoms. The summed E-state index contributed by atoms with van der Waals surface area (Å²) in [5, 5.41) is 0. The number of halogens is 1. The molecule has 2 rings (SSSR count). The van der Waals surface area contributed by atoms with Gasteiger partial charge in [0.05, 0.1) is 7.11 Å². The Bertz CT molecular complexity index is 663. The van der Waals surface area contributed by atoms with Gasteiger partial charge in [-0.05, 0) is 31.2 Å².